The monoisotopic (exact) mass is 283 g/mol. The lowest BCUT2D eigenvalue weighted by atomic mass is 10.2. The van der Waals surface area contributed by atoms with E-state index in [9.17, 15) is 4.79 Å². The van der Waals surface area contributed by atoms with Crippen LogP contribution in [-0.2, 0) is 11.3 Å². The number of amides is 1. The molecule has 3 N–H and O–H groups in total. The Balaban J connectivity index is 0.00000180. The van der Waals surface area contributed by atoms with E-state index < -0.39 is 6.04 Å². The zero-order valence-electron chi connectivity index (χ0n) is 10.7. The summed E-state index contributed by atoms with van der Waals surface area (Å²) in [4.78, 5) is 11.7. The van der Waals surface area contributed by atoms with Crippen LogP contribution >= 0.6 is 12.4 Å². The van der Waals surface area contributed by atoms with Crippen LogP contribution in [0.25, 0.3) is 5.65 Å². The first-order valence-corrected chi connectivity index (χ1v) is 6.04. The van der Waals surface area contributed by atoms with Gasteiger partial charge in [-0.3, -0.25) is 9.20 Å². The van der Waals surface area contributed by atoms with E-state index in [0.717, 1.165) is 12.1 Å². The fourth-order valence-corrected chi connectivity index (χ4v) is 1.75. The molecule has 2 heterocycles. The van der Waals surface area contributed by atoms with Crippen molar-refractivity contribution in [1.82, 2.24) is 19.9 Å². The second kappa shape index (κ2) is 7.06. The van der Waals surface area contributed by atoms with Crippen molar-refractivity contribution in [1.29, 1.82) is 0 Å². The second-order valence-corrected chi connectivity index (χ2v) is 4.16. The Hall–Kier alpha value is -1.66. The Morgan fingerprint density at radius 2 is 2.26 bits per heavy atom. The highest BCUT2D eigenvalue weighted by molar-refractivity contribution is 5.85. The third kappa shape index (κ3) is 3.65. The van der Waals surface area contributed by atoms with Crippen LogP contribution < -0.4 is 11.1 Å². The molecule has 104 valence electrons. The van der Waals surface area contributed by atoms with E-state index in [1.165, 1.54) is 0 Å². The van der Waals surface area contributed by atoms with Crippen LogP contribution in [0.4, 0.5) is 0 Å². The maximum atomic E-state index is 11.7. The molecule has 1 unspecified atom stereocenters. The van der Waals surface area contributed by atoms with Gasteiger partial charge in [-0.05, 0) is 18.6 Å². The second-order valence-electron chi connectivity index (χ2n) is 4.16. The average molecular weight is 284 g/mol. The Morgan fingerprint density at radius 3 is 3.00 bits per heavy atom. The van der Waals surface area contributed by atoms with E-state index in [1.807, 2.05) is 35.7 Å². The molecule has 0 bridgehead atoms. The molecule has 19 heavy (non-hydrogen) atoms. The number of halogens is 1. The first-order valence-electron chi connectivity index (χ1n) is 6.04. The van der Waals surface area contributed by atoms with Crippen molar-refractivity contribution in [2.75, 3.05) is 0 Å². The lowest BCUT2D eigenvalue weighted by molar-refractivity contribution is -0.122. The highest BCUT2D eigenvalue weighted by Crippen LogP contribution is 2.02. The molecule has 1 atom stereocenters. The number of carbonyl (C=O) groups is 1. The zero-order chi connectivity index (χ0) is 13.0. The number of rotatable bonds is 5. The molecule has 2 aromatic rings. The van der Waals surface area contributed by atoms with Gasteiger partial charge < -0.3 is 11.1 Å². The number of fused-ring (bicyclic) bond motifs is 1. The molecule has 0 radical (unpaired) electrons. The Bertz CT molecular complexity index is 542. The van der Waals surface area contributed by atoms with Crippen LogP contribution in [0.15, 0.2) is 24.4 Å². The van der Waals surface area contributed by atoms with Crippen molar-refractivity contribution in [2.45, 2.75) is 32.4 Å². The lowest BCUT2D eigenvalue weighted by Gasteiger charge is -2.10. The Labute approximate surface area is 117 Å². The summed E-state index contributed by atoms with van der Waals surface area (Å²) in [6, 6.07) is 5.20. The van der Waals surface area contributed by atoms with Crippen molar-refractivity contribution >= 4 is 24.0 Å². The summed E-state index contributed by atoms with van der Waals surface area (Å²) in [6.07, 6.45) is 3.44. The molecule has 0 aromatic carbocycles. The van der Waals surface area contributed by atoms with Crippen molar-refractivity contribution in [2.24, 2.45) is 5.73 Å². The summed E-state index contributed by atoms with van der Waals surface area (Å²) >= 11 is 0. The van der Waals surface area contributed by atoms with Gasteiger partial charge in [0.25, 0.3) is 0 Å². The summed E-state index contributed by atoms with van der Waals surface area (Å²) < 4.78 is 1.84. The van der Waals surface area contributed by atoms with Crippen LogP contribution in [0.5, 0.6) is 0 Å². The Morgan fingerprint density at radius 1 is 1.47 bits per heavy atom. The molecule has 0 saturated heterocycles. The minimum atomic E-state index is -0.450. The number of hydrogen-bond acceptors (Lipinski definition) is 4. The summed E-state index contributed by atoms with van der Waals surface area (Å²) in [5, 5.41) is 10.8. The first-order chi connectivity index (χ1) is 8.72. The number of hydrogen-bond donors (Lipinski definition) is 2. The molecular formula is C12H18ClN5O. The van der Waals surface area contributed by atoms with Gasteiger partial charge in [0.05, 0.1) is 12.6 Å². The third-order valence-electron chi connectivity index (χ3n) is 2.74. The van der Waals surface area contributed by atoms with Gasteiger partial charge in [-0.1, -0.05) is 19.4 Å². The standard InChI is InChI=1S/C12H17N5O.ClH/c1-2-5-9(13)12(18)14-8-11-16-15-10-6-3-4-7-17(10)11;/h3-4,6-7,9H,2,5,8,13H2,1H3,(H,14,18);1H. The van der Waals surface area contributed by atoms with Crippen LogP contribution in [0.2, 0.25) is 0 Å². The predicted molar refractivity (Wildman–Crippen MR) is 75.0 cm³/mol. The number of nitrogens with zero attached hydrogens (tertiary/aromatic N) is 3. The van der Waals surface area contributed by atoms with Gasteiger partial charge >= 0.3 is 0 Å². The van der Waals surface area contributed by atoms with Gasteiger partial charge in [0, 0.05) is 6.20 Å². The van der Waals surface area contributed by atoms with Gasteiger partial charge in [0.1, 0.15) is 0 Å². The fourth-order valence-electron chi connectivity index (χ4n) is 1.75. The highest BCUT2D eigenvalue weighted by atomic mass is 35.5. The smallest absolute Gasteiger partial charge is 0.237 e. The van der Waals surface area contributed by atoms with Crippen molar-refractivity contribution < 1.29 is 4.79 Å². The molecule has 7 heteroatoms. The van der Waals surface area contributed by atoms with Gasteiger partial charge in [-0.15, -0.1) is 22.6 Å². The van der Waals surface area contributed by atoms with E-state index in [0.29, 0.717) is 18.8 Å². The topological polar surface area (TPSA) is 85.3 Å². The van der Waals surface area contributed by atoms with Crippen LogP contribution in [0.1, 0.15) is 25.6 Å². The Kier molecular flexibility index (Phi) is 5.72. The molecule has 0 aliphatic carbocycles. The van der Waals surface area contributed by atoms with Gasteiger partial charge in [0.15, 0.2) is 11.5 Å². The number of nitrogens with two attached hydrogens (primary N) is 1. The third-order valence-corrected chi connectivity index (χ3v) is 2.74. The number of pyridine rings is 1. The molecule has 0 spiro atoms. The normalized spacial score (nSPS) is 11.9. The van der Waals surface area contributed by atoms with E-state index in [2.05, 4.69) is 15.5 Å². The maximum Gasteiger partial charge on any atom is 0.237 e. The molecule has 6 nitrogen and oxygen atoms in total. The summed E-state index contributed by atoms with van der Waals surface area (Å²) in [7, 11) is 0. The predicted octanol–water partition coefficient (Wildman–Crippen LogP) is 0.895. The maximum absolute atomic E-state index is 11.7. The number of nitrogens with one attached hydrogen (secondary N) is 1. The van der Waals surface area contributed by atoms with Crippen LogP contribution in [-0.4, -0.2) is 26.5 Å². The van der Waals surface area contributed by atoms with E-state index in [4.69, 9.17) is 5.73 Å². The molecule has 2 aromatic heterocycles. The number of carbonyl (C=O) groups excluding carboxylic acids is 1. The lowest BCUT2D eigenvalue weighted by Crippen LogP contribution is -2.40. The first kappa shape index (κ1) is 15.4. The average Bonchev–Trinajstić information content (AvgIpc) is 2.79. The van der Waals surface area contributed by atoms with Crippen molar-refractivity contribution in [3.05, 3.63) is 30.2 Å². The SMILES string of the molecule is CCCC(N)C(=O)NCc1nnc2ccccn12.Cl. The molecule has 1 amide bonds. The van der Waals surface area contributed by atoms with Gasteiger partial charge in [-0.2, -0.15) is 0 Å². The molecule has 0 aliphatic rings. The summed E-state index contributed by atoms with van der Waals surface area (Å²) in [5.74, 6) is 0.548. The zero-order valence-corrected chi connectivity index (χ0v) is 11.6. The number of aromatic nitrogens is 3. The van der Waals surface area contributed by atoms with E-state index in [1.54, 1.807) is 0 Å². The van der Waals surface area contributed by atoms with E-state index >= 15 is 0 Å². The van der Waals surface area contributed by atoms with E-state index in [-0.39, 0.29) is 18.3 Å². The van der Waals surface area contributed by atoms with Crippen molar-refractivity contribution in [3.63, 3.8) is 0 Å². The quantitative estimate of drug-likeness (QED) is 0.853. The molecule has 0 saturated carbocycles. The fraction of sp³-hybridized carbons (Fsp3) is 0.417. The minimum absolute atomic E-state index is 0. The largest absolute Gasteiger partial charge is 0.347 e. The van der Waals surface area contributed by atoms with Gasteiger partial charge in [0.2, 0.25) is 5.91 Å². The summed E-state index contributed by atoms with van der Waals surface area (Å²) in [5.41, 5.74) is 6.49. The van der Waals surface area contributed by atoms with Crippen molar-refractivity contribution in [3.8, 4) is 0 Å². The molecular weight excluding hydrogens is 266 g/mol. The summed E-state index contributed by atoms with van der Waals surface area (Å²) in [6.45, 7) is 2.33. The minimum Gasteiger partial charge on any atom is -0.347 e. The van der Waals surface area contributed by atoms with Crippen LogP contribution in [0, 0.1) is 0 Å². The molecule has 0 fully saturated rings. The van der Waals surface area contributed by atoms with Gasteiger partial charge in [-0.25, -0.2) is 0 Å². The highest BCUT2D eigenvalue weighted by Gasteiger charge is 2.13. The molecule has 0 aliphatic heterocycles. The van der Waals surface area contributed by atoms with Crippen LogP contribution in [0.3, 0.4) is 0 Å². The molecule has 2 rings (SSSR count).